The molecule has 7 heteroatoms. The predicted octanol–water partition coefficient (Wildman–Crippen LogP) is 3.74. The average Bonchev–Trinajstić information content (AvgIpc) is 2.54. The fourth-order valence-electron chi connectivity index (χ4n) is 2.58. The Bertz CT molecular complexity index is 781. The number of ether oxygens (including phenoxy) is 1. The Hall–Kier alpha value is -2.54. The second kappa shape index (κ2) is 8.71. The molecule has 1 heterocycles. The van der Waals surface area contributed by atoms with Crippen LogP contribution in [0.5, 0.6) is 5.75 Å². The van der Waals surface area contributed by atoms with Crippen molar-refractivity contribution in [2.24, 2.45) is 11.7 Å². The van der Waals surface area contributed by atoms with Crippen LogP contribution in [-0.4, -0.2) is 23.5 Å². The van der Waals surface area contributed by atoms with Crippen LogP contribution in [0.3, 0.4) is 0 Å². The van der Waals surface area contributed by atoms with Crippen LogP contribution in [0.2, 0.25) is 0 Å². The number of carbonyl (C=O) groups excluding carboxylic acids is 1. The molecule has 26 heavy (non-hydrogen) atoms. The molecule has 1 aromatic carbocycles. The van der Waals surface area contributed by atoms with Gasteiger partial charge in [0.1, 0.15) is 18.2 Å². The third-order valence-corrected chi connectivity index (χ3v) is 3.62. The third kappa shape index (κ3) is 5.49. The van der Waals surface area contributed by atoms with E-state index in [4.69, 9.17) is 10.5 Å². The van der Waals surface area contributed by atoms with Gasteiger partial charge in [-0.05, 0) is 36.1 Å². The summed E-state index contributed by atoms with van der Waals surface area (Å²) in [6.07, 6.45) is 2.14. The van der Waals surface area contributed by atoms with Crippen molar-refractivity contribution < 1.29 is 18.3 Å². The van der Waals surface area contributed by atoms with E-state index in [9.17, 15) is 13.6 Å². The van der Waals surface area contributed by atoms with Gasteiger partial charge in [-0.25, -0.2) is 13.8 Å². The van der Waals surface area contributed by atoms with E-state index in [-0.39, 0.29) is 35.7 Å². The van der Waals surface area contributed by atoms with Crippen LogP contribution in [0.4, 0.5) is 14.6 Å². The molecule has 1 atom stereocenters. The number of nitrogens with zero attached hydrogens (tertiary/aromatic N) is 1. The van der Waals surface area contributed by atoms with Gasteiger partial charge in [-0.2, -0.15) is 0 Å². The molecule has 0 fully saturated rings. The van der Waals surface area contributed by atoms with Gasteiger partial charge in [0.15, 0.2) is 11.6 Å². The first-order valence-electron chi connectivity index (χ1n) is 8.37. The van der Waals surface area contributed by atoms with Gasteiger partial charge in [0.05, 0.1) is 0 Å². The molecule has 1 unspecified atom stereocenters. The number of amides is 1. The van der Waals surface area contributed by atoms with Crippen LogP contribution in [0.15, 0.2) is 30.5 Å². The molecule has 140 valence electrons. The summed E-state index contributed by atoms with van der Waals surface area (Å²) in [7, 11) is 0. The number of nitrogens with one attached hydrogen (secondary N) is 1. The minimum Gasteiger partial charge on any atom is -0.489 e. The summed E-state index contributed by atoms with van der Waals surface area (Å²) >= 11 is 0. The van der Waals surface area contributed by atoms with Crippen molar-refractivity contribution in [3.05, 3.63) is 42.1 Å². The van der Waals surface area contributed by atoms with Gasteiger partial charge >= 0.3 is 0 Å². The van der Waals surface area contributed by atoms with Gasteiger partial charge in [0.2, 0.25) is 5.91 Å². The first-order valence-corrected chi connectivity index (χ1v) is 8.37. The number of hydrogen-bond acceptors (Lipinski definition) is 4. The van der Waals surface area contributed by atoms with E-state index in [1.165, 1.54) is 25.3 Å². The molecule has 0 saturated heterocycles. The summed E-state index contributed by atoms with van der Waals surface area (Å²) in [6, 6.07) is 4.81. The number of carbonyl (C=O) groups is 1. The molecule has 0 aliphatic heterocycles. The highest BCUT2D eigenvalue weighted by Crippen LogP contribution is 2.30. The monoisotopic (exact) mass is 363 g/mol. The summed E-state index contributed by atoms with van der Waals surface area (Å²) in [5, 5.41) is 2.50. The Morgan fingerprint density at radius 3 is 2.65 bits per heavy atom. The Morgan fingerprint density at radius 2 is 2.00 bits per heavy atom. The number of anilines is 1. The number of rotatable bonds is 7. The van der Waals surface area contributed by atoms with Gasteiger partial charge in [0.25, 0.3) is 0 Å². The highest BCUT2D eigenvalue weighted by Gasteiger charge is 2.15. The topological polar surface area (TPSA) is 77.2 Å². The standard InChI is InChI=1S/C19H23F2N3O2/c1-11(2)6-14(22)10-26-18-9-16(20)15(8-17(18)21)13-4-5-23-19(7-13)24-12(3)25/h4-5,7-9,11,14H,6,10,22H2,1-3H3,(H,23,24,25). The quantitative estimate of drug-likeness (QED) is 0.786. The summed E-state index contributed by atoms with van der Waals surface area (Å²) in [4.78, 5) is 15.1. The molecule has 0 saturated carbocycles. The second-order valence-corrected chi connectivity index (χ2v) is 6.57. The Morgan fingerprint density at radius 1 is 1.27 bits per heavy atom. The summed E-state index contributed by atoms with van der Waals surface area (Å²) in [5.74, 6) is -1.16. The number of hydrogen-bond donors (Lipinski definition) is 2. The van der Waals surface area contributed by atoms with Crippen molar-refractivity contribution in [1.29, 1.82) is 0 Å². The van der Waals surface area contributed by atoms with Crippen LogP contribution in [0.1, 0.15) is 27.2 Å². The molecule has 0 aliphatic carbocycles. The minimum atomic E-state index is -0.684. The normalized spacial score (nSPS) is 12.1. The van der Waals surface area contributed by atoms with Crippen molar-refractivity contribution in [3.63, 3.8) is 0 Å². The third-order valence-electron chi connectivity index (χ3n) is 3.62. The highest BCUT2D eigenvalue weighted by atomic mass is 19.1. The van der Waals surface area contributed by atoms with Gasteiger partial charge in [-0.1, -0.05) is 13.8 Å². The predicted molar refractivity (Wildman–Crippen MR) is 96.8 cm³/mol. The average molecular weight is 363 g/mol. The first-order chi connectivity index (χ1) is 12.3. The van der Waals surface area contributed by atoms with Crippen molar-refractivity contribution in [3.8, 4) is 16.9 Å². The van der Waals surface area contributed by atoms with Crippen LogP contribution in [0, 0.1) is 17.6 Å². The zero-order valence-electron chi connectivity index (χ0n) is 15.1. The largest absolute Gasteiger partial charge is 0.489 e. The lowest BCUT2D eigenvalue weighted by Crippen LogP contribution is -2.29. The summed E-state index contributed by atoms with van der Waals surface area (Å²) in [5.41, 5.74) is 6.35. The fraction of sp³-hybridized carbons (Fsp3) is 0.368. The van der Waals surface area contributed by atoms with Crippen molar-refractivity contribution >= 4 is 11.7 Å². The fourth-order valence-corrected chi connectivity index (χ4v) is 2.58. The highest BCUT2D eigenvalue weighted by molar-refractivity contribution is 5.88. The lowest BCUT2D eigenvalue weighted by Gasteiger charge is -2.16. The molecule has 1 aromatic heterocycles. The molecule has 0 radical (unpaired) electrons. The van der Waals surface area contributed by atoms with Crippen molar-refractivity contribution in [1.82, 2.24) is 4.98 Å². The molecule has 2 rings (SSSR count). The van der Waals surface area contributed by atoms with Crippen molar-refractivity contribution in [2.75, 3.05) is 11.9 Å². The Balaban J connectivity index is 2.20. The zero-order valence-corrected chi connectivity index (χ0v) is 15.1. The van der Waals surface area contributed by atoms with Crippen LogP contribution >= 0.6 is 0 Å². The Labute approximate surface area is 151 Å². The molecule has 1 amide bonds. The molecular formula is C19H23F2N3O2. The smallest absolute Gasteiger partial charge is 0.222 e. The first kappa shape index (κ1) is 19.8. The van der Waals surface area contributed by atoms with E-state index in [1.807, 2.05) is 13.8 Å². The van der Waals surface area contributed by atoms with Crippen LogP contribution in [0.25, 0.3) is 11.1 Å². The molecule has 5 nitrogen and oxygen atoms in total. The van der Waals surface area contributed by atoms with E-state index in [0.29, 0.717) is 11.5 Å². The minimum absolute atomic E-state index is 0.0512. The Kier molecular flexibility index (Phi) is 6.63. The zero-order chi connectivity index (χ0) is 19.3. The summed E-state index contributed by atoms with van der Waals surface area (Å²) in [6.45, 7) is 5.50. The SMILES string of the molecule is CC(=O)Nc1cc(-c2cc(F)c(OCC(N)CC(C)C)cc2F)ccn1. The van der Waals surface area contributed by atoms with Gasteiger partial charge in [-0.15, -0.1) is 0 Å². The lowest BCUT2D eigenvalue weighted by molar-refractivity contribution is -0.114. The van der Waals surface area contributed by atoms with E-state index in [0.717, 1.165) is 18.6 Å². The van der Waals surface area contributed by atoms with E-state index < -0.39 is 11.6 Å². The number of benzene rings is 1. The van der Waals surface area contributed by atoms with E-state index in [2.05, 4.69) is 10.3 Å². The van der Waals surface area contributed by atoms with E-state index in [1.54, 1.807) is 0 Å². The maximum absolute atomic E-state index is 14.5. The second-order valence-electron chi connectivity index (χ2n) is 6.57. The molecular weight excluding hydrogens is 340 g/mol. The molecule has 3 N–H and O–H groups in total. The van der Waals surface area contributed by atoms with Crippen LogP contribution in [-0.2, 0) is 4.79 Å². The number of nitrogens with two attached hydrogens (primary N) is 1. The summed E-state index contributed by atoms with van der Waals surface area (Å²) < 4.78 is 34.1. The van der Waals surface area contributed by atoms with Crippen LogP contribution < -0.4 is 15.8 Å². The molecule has 0 aliphatic rings. The van der Waals surface area contributed by atoms with E-state index >= 15 is 0 Å². The number of halogens is 2. The number of pyridine rings is 1. The molecule has 0 bridgehead atoms. The van der Waals surface area contributed by atoms with Gasteiger partial charge in [-0.3, -0.25) is 4.79 Å². The van der Waals surface area contributed by atoms with Gasteiger partial charge < -0.3 is 15.8 Å². The maximum atomic E-state index is 14.5. The molecule has 0 spiro atoms. The molecule has 2 aromatic rings. The lowest BCUT2D eigenvalue weighted by atomic mass is 10.0. The van der Waals surface area contributed by atoms with Gasteiger partial charge in [0, 0.05) is 30.8 Å². The van der Waals surface area contributed by atoms with Crippen molar-refractivity contribution in [2.45, 2.75) is 33.2 Å². The number of aromatic nitrogens is 1. The maximum Gasteiger partial charge on any atom is 0.222 e.